The van der Waals surface area contributed by atoms with Crippen molar-refractivity contribution >= 4 is 5.97 Å². The number of carbonyl (C=O) groups is 1. The summed E-state index contributed by atoms with van der Waals surface area (Å²) in [7, 11) is 0. The quantitative estimate of drug-likeness (QED) is 0.726. The molecule has 0 radical (unpaired) electrons. The molecule has 1 aromatic heterocycles. The third-order valence-corrected chi connectivity index (χ3v) is 4.55. The van der Waals surface area contributed by atoms with Gasteiger partial charge in [0.25, 0.3) is 0 Å². The van der Waals surface area contributed by atoms with E-state index in [4.69, 9.17) is 5.11 Å². The highest BCUT2D eigenvalue weighted by molar-refractivity contribution is 5.67. The summed E-state index contributed by atoms with van der Waals surface area (Å²) in [5.41, 5.74) is 2.18. The maximum absolute atomic E-state index is 11.1. The Balaban J connectivity index is 1.51. The maximum Gasteiger partial charge on any atom is 0.305 e. The first kappa shape index (κ1) is 16.7. The number of hydrogen-bond acceptors (Lipinski definition) is 4. The van der Waals surface area contributed by atoms with E-state index in [1.807, 2.05) is 6.07 Å². The van der Waals surface area contributed by atoms with Crippen LogP contribution in [0.25, 0.3) is 0 Å². The molecule has 0 amide bonds. The maximum atomic E-state index is 11.1. The van der Waals surface area contributed by atoms with Crippen LogP contribution in [0.4, 0.5) is 0 Å². The number of hydrogen-bond donors (Lipinski definition) is 3. The number of nitrogens with one attached hydrogen (secondary N) is 2. The molecule has 128 valence electrons. The summed E-state index contributed by atoms with van der Waals surface area (Å²) in [5, 5.41) is 12.6. The van der Waals surface area contributed by atoms with Gasteiger partial charge in [-0.2, -0.15) is 0 Å². The van der Waals surface area contributed by atoms with E-state index in [2.05, 4.69) is 44.5 Å². The van der Waals surface area contributed by atoms with Crippen LogP contribution >= 0.6 is 0 Å². The molecule has 0 bridgehead atoms. The molecule has 3 rings (SSSR count). The van der Waals surface area contributed by atoms with Gasteiger partial charge in [0.15, 0.2) is 0 Å². The minimum absolute atomic E-state index is 0.0619. The van der Waals surface area contributed by atoms with Gasteiger partial charge in [-0.3, -0.25) is 9.69 Å². The lowest BCUT2D eigenvalue weighted by molar-refractivity contribution is -0.137. The van der Waals surface area contributed by atoms with Crippen LogP contribution in [0.15, 0.2) is 42.9 Å². The van der Waals surface area contributed by atoms with Crippen molar-refractivity contribution < 1.29 is 9.90 Å². The molecule has 1 fully saturated rings. The number of aromatic nitrogens is 2. The number of nitrogens with zero attached hydrogens (tertiary/aromatic N) is 2. The van der Waals surface area contributed by atoms with Crippen molar-refractivity contribution in [3.8, 4) is 0 Å². The van der Waals surface area contributed by atoms with E-state index in [9.17, 15) is 4.79 Å². The third kappa shape index (κ3) is 4.66. The highest BCUT2D eigenvalue weighted by Gasteiger charge is 2.24. The summed E-state index contributed by atoms with van der Waals surface area (Å²) in [6.07, 6.45) is 5.40. The van der Waals surface area contributed by atoms with Crippen LogP contribution in [0.5, 0.6) is 0 Å². The van der Waals surface area contributed by atoms with Crippen LogP contribution in [-0.4, -0.2) is 45.1 Å². The fraction of sp³-hybridized carbons (Fsp3) is 0.444. The van der Waals surface area contributed by atoms with Crippen molar-refractivity contribution in [2.45, 2.75) is 37.9 Å². The summed E-state index contributed by atoms with van der Waals surface area (Å²) < 4.78 is 0. The van der Waals surface area contributed by atoms with E-state index in [0.717, 1.165) is 38.2 Å². The Bertz CT molecular complexity index is 622. The average molecular weight is 328 g/mol. The van der Waals surface area contributed by atoms with E-state index in [1.54, 1.807) is 12.5 Å². The fourth-order valence-electron chi connectivity index (χ4n) is 3.27. The predicted octanol–water partition coefficient (Wildman–Crippen LogP) is 2.18. The number of piperidine rings is 1. The second-order valence-electron chi connectivity index (χ2n) is 6.36. The zero-order valence-corrected chi connectivity index (χ0v) is 13.7. The SMILES string of the molecule is O=C(O)CC(NC1CCN(Cc2ccccc2)CC1)c1cnc[nH]1. The monoisotopic (exact) mass is 328 g/mol. The number of carboxylic acids is 1. The van der Waals surface area contributed by atoms with Crippen molar-refractivity contribution in [1.29, 1.82) is 0 Å². The third-order valence-electron chi connectivity index (χ3n) is 4.55. The fourth-order valence-corrected chi connectivity index (χ4v) is 3.27. The first-order valence-corrected chi connectivity index (χ1v) is 8.43. The predicted molar refractivity (Wildman–Crippen MR) is 91.5 cm³/mol. The molecule has 3 N–H and O–H groups in total. The molecule has 2 heterocycles. The summed E-state index contributed by atoms with van der Waals surface area (Å²) >= 11 is 0. The first-order valence-electron chi connectivity index (χ1n) is 8.43. The van der Waals surface area contributed by atoms with Gasteiger partial charge in [0, 0.05) is 18.8 Å². The molecule has 1 saturated heterocycles. The average Bonchev–Trinajstić information content (AvgIpc) is 3.11. The zero-order valence-electron chi connectivity index (χ0n) is 13.7. The minimum atomic E-state index is -0.802. The molecule has 1 unspecified atom stereocenters. The molecule has 0 aliphatic carbocycles. The normalized spacial score (nSPS) is 17.7. The Hall–Kier alpha value is -2.18. The van der Waals surface area contributed by atoms with E-state index in [0.29, 0.717) is 6.04 Å². The van der Waals surface area contributed by atoms with Crippen molar-refractivity contribution in [2.24, 2.45) is 0 Å². The molecular formula is C18H24N4O2. The van der Waals surface area contributed by atoms with Crippen LogP contribution in [0.3, 0.4) is 0 Å². The zero-order chi connectivity index (χ0) is 16.8. The van der Waals surface area contributed by atoms with E-state index < -0.39 is 5.97 Å². The van der Waals surface area contributed by atoms with Gasteiger partial charge in [-0.25, -0.2) is 4.98 Å². The van der Waals surface area contributed by atoms with Gasteiger partial charge >= 0.3 is 5.97 Å². The standard InChI is InChI=1S/C18H24N4O2/c23-18(24)10-16(17-11-19-13-20-17)21-15-6-8-22(9-7-15)12-14-4-2-1-3-5-14/h1-5,11,13,15-16,21H,6-10,12H2,(H,19,20)(H,23,24). The van der Waals surface area contributed by atoms with Gasteiger partial charge in [-0.1, -0.05) is 30.3 Å². The molecule has 1 aliphatic rings. The van der Waals surface area contributed by atoms with Crippen molar-refractivity contribution in [3.63, 3.8) is 0 Å². The van der Waals surface area contributed by atoms with Crippen LogP contribution in [-0.2, 0) is 11.3 Å². The van der Waals surface area contributed by atoms with Crippen molar-refractivity contribution in [3.05, 3.63) is 54.1 Å². The Morgan fingerprint density at radius 2 is 2.08 bits per heavy atom. The van der Waals surface area contributed by atoms with Crippen LogP contribution < -0.4 is 5.32 Å². The largest absolute Gasteiger partial charge is 0.481 e. The van der Waals surface area contributed by atoms with Crippen molar-refractivity contribution in [2.75, 3.05) is 13.1 Å². The Labute approximate surface area is 141 Å². The Morgan fingerprint density at radius 3 is 2.71 bits per heavy atom. The summed E-state index contributed by atoms with van der Waals surface area (Å²) in [5.74, 6) is -0.802. The molecule has 6 nitrogen and oxygen atoms in total. The summed E-state index contributed by atoms with van der Waals surface area (Å²) in [4.78, 5) is 20.6. The van der Waals surface area contributed by atoms with Crippen molar-refractivity contribution in [1.82, 2.24) is 20.2 Å². The van der Waals surface area contributed by atoms with Crippen LogP contribution in [0, 0.1) is 0 Å². The number of benzene rings is 1. The smallest absolute Gasteiger partial charge is 0.305 e. The molecule has 0 spiro atoms. The number of likely N-dealkylation sites (tertiary alicyclic amines) is 1. The van der Waals surface area contributed by atoms with Gasteiger partial charge in [0.2, 0.25) is 0 Å². The highest BCUT2D eigenvalue weighted by atomic mass is 16.4. The van der Waals surface area contributed by atoms with Gasteiger partial charge < -0.3 is 15.4 Å². The van der Waals surface area contributed by atoms with Crippen LogP contribution in [0.1, 0.15) is 36.6 Å². The topological polar surface area (TPSA) is 81.2 Å². The molecule has 2 aromatic rings. The number of rotatable bonds is 7. The van der Waals surface area contributed by atoms with Gasteiger partial charge in [-0.15, -0.1) is 0 Å². The molecule has 0 saturated carbocycles. The molecule has 1 atom stereocenters. The second-order valence-corrected chi connectivity index (χ2v) is 6.36. The molecular weight excluding hydrogens is 304 g/mol. The second kappa shape index (κ2) is 8.08. The highest BCUT2D eigenvalue weighted by Crippen LogP contribution is 2.20. The molecule has 24 heavy (non-hydrogen) atoms. The van der Waals surface area contributed by atoms with E-state index >= 15 is 0 Å². The number of imidazole rings is 1. The molecule has 6 heteroatoms. The van der Waals surface area contributed by atoms with Gasteiger partial charge in [0.05, 0.1) is 24.5 Å². The Morgan fingerprint density at radius 1 is 1.33 bits per heavy atom. The number of H-pyrrole nitrogens is 1. The van der Waals surface area contributed by atoms with Crippen LogP contribution in [0.2, 0.25) is 0 Å². The number of aromatic amines is 1. The summed E-state index contributed by atoms with van der Waals surface area (Å²) in [6, 6.07) is 10.6. The minimum Gasteiger partial charge on any atom is -0.481 e. The van der Waals surface area contributed by atoms with Gasteiger partial charge in [-0.05, 0) is 31.5 Å². The Kier molecular flexibility index (Phi) is 5.61. The van der Waals surface area contributed by atoms with Gasteiger partial charge in [0.1, 0.15) is 0 Å². The number of aliphatic carboxylic acids is 1. The lowest BCUT2D eigenvalue weighted by atomic mass is 10.0. The lowest BCUT2D eigenvalue weighted by Gasteiger charge is -2.34. The lowest BCUT2D eigenvalue weighted by Crippen LogP contribution is -2.43. The molecule has 1 aromatic carbocycles. The molecule has 1 aliphatic heterocycles. The van der Waals surface area contributed by atoms with E-state index in [1.165, 1.54) is 5.56 Å². The number of carboxylic acid groups (broad SMARTS) is 1. The first-order chi connectivity index (χ1) is 11.7. The summed E-state index contributed by atoms with van der Waals surface area (Å²) in [6.45, 7) is 3.03. The van der Waals surface area contributed by atoms with E-state index in [-0.39, 0.29) is 12.5 Å².